The molecule has 4 nitrogen and oxygen atoms in total. The van der Waals surface area contributed by atoms with Gasteiger partial charge >= 0.3 is 0 Å². The van der Waals surface area contributed by atoms with Gasteiger partial charge in [0.05, 0.1) is 5.69 Å². The summed E-state index contributed by atoms with van der Waals surface area (Å²) in [5, 5.41) is 13.5. The van der Waals surface area contributed by atoms with Crippen LogP contribution in [-0.4, -0.2) is 15.6 Å². The third-order valence-corrected chi connectivity index (χ3v) is 4.63. The number of hydrogen-bond donors (Lipinski definition) is 2. The van der Waals surface area contributed by atoms with Crippen molar-refractivity contribution in [3.8, 4) is 5.75 Å². The lowest BCUT2D eigenvalue weighted by Gasteiger charge is -2.10. The fraction of sp³-hybridized carbons (Fsp3) is 0.118. The Balaban J connectivity index is 1.89. The molecule has 2 aromatic carbocycles. The molecule has 0 fully saturated rings. The predicted octanol–water partition coefficient (Wildman–Crippen LogP) is 4.06. The Kier molecular flexibility index (Phi) is 3.90. The first kappa shape index (κ1) is 14.7. The number of hydrogen-bond acceptors (Lipinski definition) is 2. The summed E-state index contributed by atoms with van der Waals surface area (Å²) in [5.74, 6) is -0.121. The molecule has 0 aliphatic rings. The molecule has 0 aliphatic carbocycles. The van der Waals surface area contributed by atoms with E-state index in [4.69, 9.17) is 0 Å². The lowest BCUT2D eigenvalue weighted by molar-refractivity contribution is -0.116. The maximum absolute atomic E-state index is 12.3. The van der Waals surface area contributed by atoms with Gasteiger partial charge in [0, 0.05) is 21.1 Å². The van der Waals surface area contributed by atoms with Crippen molar-refractivity contribution in [3.05, 3.63) is 58.7 Å². The van der Waals surface area contributed by atoms with Crippen LogP contribution >= 0.6 is 15.9 Å². The molecule has 3 rings (SSSR count). The van der Waals surface area contributed by atoms with Crippen molar-refractivity contribution in [3.63, 3.8) is 0 Å². The molecular formula is C17H15BrN2O2. The minimum Gasteiger partial charge on any atom is -0.506 e. The molecule has 1 aromatic heterocycles. The highest BCUT2D eigenvalue weighted by atomic mass is 79.9. The zero-order chi connectivity index (χ0) is 15.7. The maximum Gasteiger partial charge on any atom is 0.244 e. The van der Waals surface area contributed by atoms with Crippen molar-refractivity contribution in [2.45, 2.75) is 13.5 Å². The fourth-order valence-electron chi connectivity index (χ4n) is 2.51. The van der Waals surface area contributed by atoms with E-state index in [0.717, 1.165) is 21.1 Å². The second-order valence-electron chi connectivity index (χ2n) is 5.07. The lowest BCUT2D eigenvalue weighted by atomic mass is 10.2. The Labute approximate surface area is 136 Å². The van der Waals surface area contributed by atoms with Crippen molar-refractivity contribution in [1.29, 1.82) is 0 Å². The van der Waals surface area contributed by atoms with E-state index in [1.54, 1.807) is 24.3 Å². The van der Waals surface area contributed by atoms with Gasteiger partial charge in [-0.15, -0.1) is 0 Å². The standard InChI is InChI=1S/C17H15BrN2O2/c1-11-17(18)12-6-2-4-8-14(12)20(11)10-16(22)19-13-7-3-5-9-15(13)21/h2-9,21H,10H2,1H3,(H,19,22). The summed E-state index contributed by atoms with van der Waals surface area (Å²) in [6, 6.07) is 14.6. The molecule has 0 bridgehead atoms. The number of rotatable bonds is 3. The molecule has 0 radical (unpaired) electrons. The van der Waals surface area contributed by atoms with Gasteiger partial charge < -0.3 is 15.0 Å². The average molecular weight is 359 g/mol. The van der Waals surface area contributed by atoms with Gasteiger partial charge in [-0.1, -0.05) is 30.3 Å². The predicted molar refractivity (Wildman–Crippen MR) is 91.1 cm³/mol. The van der Waals surface area contributed by atoms with Gasteiger partial charge in [-0.2, -0.15) is 0 Å². The van der Waals surface area contributed by atoms with Gasteiger partial charge in [0.1, 0.15) is 12.3 Å². The number of nitrogens with one attached hydrogen (secondary N) is 1. The average Bonchev–Trinajstić information content (AvgIpc) is 2.75. The minimum atomic E-state index is -0.183. The van der Waals surface area contributed by atoms with Crippen LogP contribution in [0.15, 0.2) is 53.0 Å². The quantitative estimate of drug-likeness (QED) is 0.693. The smallest absolute Gasteiger partial charge is 0.244 e. The molecule has 5 heteroatoms. The number of benzene rings is 2. The molecule has 0 saturated carbocycles. The molecule has 0 atom stereocenters. The Morgan fingerprint density at radius 2 is 1.86 bits per heavy atom. The Morgan fingerprint density at radius 3 is 2.64 bits per heavy atom. The number of aromatic hydroxyl groups is 1. The first-order chi connectivity index (χ1) is 10.6. The summed E-state index contributed by atoms with van der Waals surface area (Å²) in [7, 11) is 0. The Bertz CT molecular complexity index is 855. The number of phenols is 1. The van der Waals surface area contributed by atoms with Gasteiger partial charge in [-0.25, -0.2) is 0 Å². The second-order valence-corrected chi connectivity index (χ2v) is 5.86. The fourth-order valence-corrected chi connectivity index (χ4v) is 3.05. The van der Waals surface area contributed by atoms with Crippen LogP contribution in [0.4, 0.5) is 5.69 Å². The van der Waals surface area contributed by atoms with E-state index < -0.39 is 0 Å². The molecule has 0 spiro atoms. The number of carbonyl (C=O) groups is 1. The van der Waals surface area contributed by atoms with Crippen molar-refractivity contribution < 1.29 is 9.90 Å². The Hall–Kier alpha value is -2.27. The zero-order valence-corrected chi connectivity index (χ0v) is 13.6. The van der Waals surface area contributed by atoms with Crippen molar-refractivity contribution >= 4 is 38.4 Å². The summed E-state index contributed by atoms with van der Waals surface area (Å²) < 4.78 is 2.95. The molecule has 0 unspecified atom stereocenters. The molecule has 0 saturated heterocycles. The van der Waals surface area contributed by atoms with Gasteiger partial charge in [-0.3, -0.25) is 4.79 Å². The first-order valence-electron chi connectivity index (χ1n) is 6.89. The van der Waals surface area contributed by atoms with E-state index in [9.17, 15) is 9.90 Å². The molecule has 2 N–H and O–H groups in total. The number of amides is 1. The van der Waals surface area contributed by atoms with Crippen molar-refractivity contribution in [2.24, 2.45) is 0 Å². The molecule has 1 amide bonds. The molecule has 112 valence electrons. The summed E-state index contributed by atoms with van der Waals surface area (Å²) >= 11 is 3.58. The lowest BCUT2D eigenvalue weighted by Crippen LogP contribution is -2.19. The number of aromatic nitrogens is 1. The van der Waals surface area contributed by atoms with Crippen molar-refractivity contribution in [2.75, 3.05) is 5.32 Å². The highest BCUT2D eigenvalue weighted by molar-refractivity contribution is 9.10. The number of carbonyl (C=O) groups excluding carboxylic acids is 1. The summed E-state index contributed by atoms with van der Waals surface area (Å²) in [6.07, 6.45) is 0. The number of anilines is 1. The maximum atomic E-state index is 12.3. The highest BCUT2D eigenvalue weighted by Crippen LogP contribution is 2.30. The molecular weight excluding hydrogens is 344 g/mol. The minimum absolute atomic E-state index is 0.0612. The van der Waals surface area contributed by atoms with Crippen LogP contribution in [0.2, 0.25) is 0 Å². The van der Waals surface area contributed by atoms with E-state index in [2.05, 4.69) is 21.2 Å². The molecule has 22 heavy (non-hydrogen) atoms. The number of halogens is 1. The van der Waals surface area contributed by atoms with E-state index in [-0.39, 0.29) is 18.2 Å². The van der Waals surface area contributed by atoms with Crippen LogP contribution in [-0.2, 0) is 11.3 Å². The molecule has 1 heterocycles. The highest BCUT2D eigenvalue weighted by Gasteiger charge is 2.14. The zero-order valence-electron chi connectivity index (χ0n) is 12.0. The topological polar surface area (TPSA) is 54.3 Å². The number of phenolic OH excluding ortho intramolecular Hbond substituents is 1. The first-order valence-corrected chi connectivity index (χ1v) is 7.68. The SMILES string of the molecule is Cc1c(Br)c2ccccc2n1CC(=O)Nc1ccccc1O. The van der Waals surface area contributed by atoms with E-state index in [1.165, 1.54) is 0 Å². The van der Waals surface area contributed by atoms with Crippen LogP contribution in [0.1, 0.15) is 5.69 Å². The van der Waals surface area contributed by atoms with Crippen molar-refractivity contribution in [1.82, 2.24) is 4.57 Å². The van der Waals surface area contributed by atoms with E-state index in [0.29, 0.717) is 5.69 Å². The summed E-state index contributed by atoms with van der Waals surface area (Å²) in [5.41, 5.74) is 2.41. The largest absolute Gasteiger partial charge is 0.506 e. The third kappa shape index (κ3) is 2.60. The van der Waals surface area contributed by atoms with Gasteiger partial charge in [-0.05, 0) is 41.1 Å². The molecule has 3 aromatic rings. The van der Waals surface area contributed by atoms with Gasteiger partial charge in [0.2, 0.25) is 5.91 Å². The van der Waals surface area contributed by atoms with Crippen LogP contribution in [0, 0.1) is 6.92 Å². The third-order valence-electron chi connectivity index (χ3n) is 3.63. The second kappa shape index (κ2) is 5.85. The summed E-state index contributed by atoms with van der Waals surface area (Å²) in [4.78, 5) is 12.3. The van der Waals surface area contributed by atoms with Crippen LogP contribution in [0.5, 0.6) is 5.75 Å². The number of para-hydroxylation sites is 3. The van der Waals surface area contributed by atoms with E-state index in [1.807, 2.05) is 35.8 Å². The Morgan fingerprint density at radius 1 is 1.18 bits per heavy atom. The van der Waals surface area contributed by atoms with Crippen LogP contribution in [0.3, 0.4) is 0 Å². The van der Waals surface area contributed by atoms with Gasteiger partial charge in [0.15, 0.2) is 0 Å². The number of fused-ring (bicyclic) bond motifs is 1. The molecule has 0 aliphatic heterocycles. The monoisotopic (exact) mass is 358 g/mol. The summed E-state index contributed by atoms with van der Waals surface area (Å²) in [6.45, 7) is 2.16. The van der Waals surface area contributed by atoms with Crippen LogP contribution in [0.25, 0.3) is 10.9 Å². The van der Waals surface area contributed by atoms with Crippen LogP contribution < -0.4 is 5.32 Å². The normalized spacial score (nSPS) is 10.8. The van der Waals surface area contributed by atoms with Gasteiger partial charge in [0.25, 0.3) is 0 Å². The number of nitrogens with zero attached hydrogens (tertiary/aromatic N) is 1. The van der Waals surface area contributed by atoms with E-state index >= 15 is 0 Å².